The molecular formula is C17H16O. The number of aryl methyl sites for hydroxylation is 1. The van der Waals surface area contributed by atoms with Gasteiger partial charge in [-0.05, 0) is 30.9 Å². The molecule has 1 aliphatic rings. The molecule has 0 atom stereocenters. The maximum Gasteiger partial charge on any atom is 0.173 e. The van der Waals surface area contributed by atoms with Crippen molar-refractivity contribution >= 4 is 5.78 Å². The van der Waals surface area contributed by atoms with Gasteiger partial charge in [-0.1, -0.05) is 54.6 Å². The minimum atomic E-state index is -0.243. The normalized spacial score (nSPS) is 16.3. The molecule has 0 N–H and O–H groups in total. The number of rotatable bonds is 3. The number of carbonyl (C=O) groups excluding carboxylic acids is 1. The van der Waals surface area contributed by atoms with E-state index in [1.807, 2.05) is 42.5 Å². The van der Waals surface area contributed by atoms with E-state index in [1.54, 1.807) is 0 Å². The lowest BCUT2D eigenvalue weighted by Gasteiger charge is -2.17. The molecule has 0 amide bonds. The largest absolute Gasteiger partial charge is 0.293 e. The fourth-order valence-corrected chi connectivity index (χ4v) is 2.72. The van der Waals surface area contributed by atoms with Gasteiger partial charge in [0.15, 0.2) is 5.78 Å². The van der Waals surface area contributed by atoms with Crippen LogP contribution in [-0.4, -0.2) is 5.78 Å². The minimum absolute atomic E-state index is 0.243. The second kappa shape index (κ2) is 4.09. The van der Waals surface area contributed by atoms with Crippen molar-refractivity contribution in [3.8, 4) is 0 Å². The van der Waals surface area contributed by atoms with E-state index in [-0.39, 0.29) is 11.2 Å². The molecule has 0 saturated heterocycles. The van der Waals surface area contributed by atoms with Crippen molar-refractivity contribution in [3.05, 3.63) is 71.3 Å². The molecule has 1 nitrogen and oxygen atoms in total. The van der Waals surface area contributed by atoms with Gasteiger partial charge >= 0.3 is 0 Å². The van der Waals surface area contributed by atoms with Crippen LogP contribution in [0.5, 0.6) is 0 Å². The van der Waals surface area contributed by atoms with E-state index >= 15 is 0 Å². The zero-order valence-electron chi connectivity index (χ0n) is 10.5. The van der Waals surface area contributed by atoms with Crippen LogP contribution in [0.15, 0.2) is 54.6 Å². The number of ketones is 1. The quantitative estimate of drug-likeness (QED) is 0.738. The third kappa shape index (κ3) is 1.67. The van der Waals surface area contributed by atoms with Gasteiger partial charge in [0.25, 0.3) is 0 Å². The zero-order valence-corrected chi connectivity index (χ0v) is 10.5. The van der Waals surface area contributed by atoms with E-state index in [9.17, 15) is 4.79 Å². The van der Waals surface area contributed by atoms with Gasteiger partial charge in [0.2, 0.25) is 0 Å². The Kier molecular flexibility index (Phi) is 2.55. The fraction of sp³-hybridized carbons (Fsp3) is 0.235. The fourth-order valence-electron chi connectivity index (χ4n) is 2.72. The average Bonchev–Trinajstić information content (AvgIpc) is 3.21. The summed E-state index contributed by atoms with van der Waals surface area (Å²) >= 11 is 0. The summed E-state index contributed by atoms with van der Waals surface area (Å²) in [4.78, 5) is 12.7. The van der Waals surface area contributed by atoms with Gasteiger partial charge in [-0.15, -0.1) is 0 Å². The monoisotopic (exact) mass is 236 g/mol. The van der Waals surface area contributed by atoms with E-state index in [4.69, 9.17) is 0 Å². The molecule has 2 aromatic carbocycles. The molecular weight excluding hydrogens is 220 g/mol. The summed E-state index contributed by atoms with van der Waals surface area (Å²) in [6.07, 6.45) is 1.96. The van der Waals surface area contributed by atoms with E-state index in [2.05, 4.69) is 19.1 Å². The Balaban J connectivity index is 2.02. The van der Waals surface area contributed by atoms with Crippen LogP contribution < -0.4 is 0 Å². The molecule has 0 heterocycles. The number of Topliss-reactive ketones (excluding diaryl/α,β-unsaturated/α-hetero) is 1. The molecule has 1 fully saturated rings. The summed E-state index contributed by atoms with van der Waals surface area (Å²) < 4.78 is 0. The minimum Gasteiger partial charge on any atom is -0.293 e. The Hall–Kier alpha value is -1.89. The van der Waals surface area contributed by atoms with Crippen LogP contribution in [0.1, 0.15) is 34.3 Å². The zero-order chi connectivity index (χ0) is 12.6. The van der Waals surface area contributed by atoms with Crippen LogP contribution in [-0.2, 0) is 5.41 Å². The lowest BCUT2D eigenvalue weighted by atomic mass is 9.85. The van der Waals surface area contributed by atoms with Gasteiger partial charge in [0.05, 0.1) is 5.41 Å². The number of carbonyl (C=O) groups is 1. The number of benzene rings is 2. The van der Waals surface area contributed by atoms with Gasteiger partial charge in [0, 0.05) is 5.56 Å². The second-order valence-electron chi connectivity index (χ2n) is 5.09. The Labute approximate surface area is 107 Å². The van der Waals surface area contributed by atoms with Crippen LogP contribution >= 0.6 is 0 Å². The van der Waals surface area contributed by atoms with Crippen molar-refractivity contribution in [2.24, 2.45) is 0 Å². The van der Waals surface area contributed by atoms with Gasteiger partial charge in [-0.3, -0.25) is 4.79 Å². The summed E-state index contributed by atoms with van der Waals surface area (Å²) in [7, 11) is 0. The molecule has 1 saturated carbocycles. The number of hydrogen-bond donors (Lipinski definition) is 0. The highest BCUT2D eigenvalue weighted by Gasteiger charge is 2.51. The van der Waals surface area contributed by atoms with Crippen LogP contribution in [0.25, 0.3) is 0 Å². The smallest absolute Gasteiger partial charge is 0.173 e. The topological polar surface area (TPSA) is 17.1 Å². The molecule has 0 aliphatic heterocycles. The highest BCUT2D eigenvalue weighted by atomic mass is 16.1. The van der Waals surface area contributed by atoms with Crippen LogP contribution in [0.4, 0.5) is 0 Å². The van der Waals surface area contributed by atoms with Crippen LogP contribution in [0, 0.1) is 6.92 Å². The molecule has 0 unspecified atom stereocenters. The summed E-state index contributed by atoms with van der Waals surface area (Å²) in [5.74, 6) is 0.275. The highest BCUT2D eigenvalue weighted by Crippen LogP contribution is 2.51. The lowest BCUT2D eigenvalue weighted by molar-refractivity contribution is 0.0945. The molecule has 90 valence electrons. The van der Waals surface area contributed by atoms with Gasteiger partial charge < -0.3 is 0 Å². The van der Waals surface area contributed by atoms with E-state index in [0.29, 0.717) is 0 Å². The first-order chi connectivity index (χ1) is 8.74. The molecule has 1 heteroatoms. The first kappa shape index (κ1) is 11.2. The van der Waals surface area contributed by atoms with Gasteiger partial charge in [-0.25, -0.2) is 0 Å². The molecule has 18 heavy (non-hydrogen) atoms. The van der Waals surface area contributed by atoms with Crippen LogP contribution in [0.3, 0.4) is 0 Å². The third-order valence-corrected chi connectivity index (χ3v) is 3.88. The summed E-state index contributed by atoms with van der Waals surface area (Å²) in [5, 5.41) is 0. The van der Waals surface area contributed by atoms with Crippen molar-refractivity contribution in [3.63, 3.8) is 0 Å². The maximum absolute atomic E-state index is 12.7. The van der Waals surface area contributed by atoms with Crippen molar-refractivity contribution in [1.29, 1.82) is 0 Å². The molecule has 0 radical (unpaired) electrons. The van der Waals surface area contributed by atoms with E-state index < -0.39 is 0 Å². The standard InChI is InChI=1S/C17H16O/c1-13-7-5-6-10-15(13)17(11-12-17)16(18)14-8-3-2-4-9-14/h2-10H,11-12H2,1H3. The van der Waals surface area contributed by atoms with Crippen LogP contribution in [0.2, 0.25) is 0 Å². The summed E-state index contributed by atoms with van der Waals surface area (Å²) in [5.41, 5.74) is 3.02. The Morgan fingerprint density at radius 2 is 1.56 bits per heavy atom. The van der Waals surface area contributed by atoms with Crippen molar-refractivity contribution in [2.75, 3.05) is 0 Å². The molecule has 2 aromatic rings. The molecule has 3 rings (SSSR count). The first-order valence-corrected chi connectivity index (χ1v) is 6.40. The average molecular weight is 236 g/mol. The Morgan fingerprint density at radius 1 is 0.944 bits per heavy atom. The SMILES string of the molecule is Cc1ccccc1C1(C(=O)c2ccccc2)CC1. The van der Waals surface area contributed by atoms with E-state index in [1.165, 1.54) is 11.1 Å². The predicted molar refractivity (Wildman–Crippen MR) is 72.9 cm³/mol. The van der Waals surface area contributed by atoms with Gasteiger partial charge in [-0.2, -0.15) is 0 Å². The van der Waals surface area contributed by atoms with Crippen molar-refractivity contribution in [2.45, 2.75) is 25.2 Å². The van der Waals surface area contributed by atoms with Gasteiger partial charge in [0.1, 0.15) is 0 Å². The third-order valence-electron chi connectivity index (χ3n) is 3.88. The Morgan fingerprint density at radius 3 is 2.17 bits per heavy atom. The maximum atomic E-state index is 12.7. The molecule has 0 spiro atoms. The highest BCUT2D eigenvalue weighted by molar-refractivity contribution is 6.06. The number of hydrogen-bond acceptors (Lipinski definition) is 1. The Bertz CT molecular complexity index is 580. The van der Waals surface area contributed by atoms with Crippen molar-refractivity contribution < 1.29 is 4.79 Å². The predicted octanol–water partition coefficient (Wildman–Crippen LogP) is 3.91. The van der Waals surface area contributed by atoms with E-state index in [0.717, 1.165) is 18.4 Å². The lowest BCUT2D eigenvalue weighted by Crippen LogP contribution is -2.21. The summed E-state index contributed by atoms with van der Waals surface area (Å²) in [6.45, 7) is 2.09. The summed E-state index contributed by atoms with van der Waals surface area (Å²) in [6, 6.07) is 17.9. The second-order valence-corrected chi connectivity index (χ2v) is 5.09. The molecule has 0 aromatic heterocycles. The molecule has 0 bridgehead atoms. The molecule has 1 aliphatic carbocycles. The van der Waals surface area contributed by atoms with Crippen molar-refractivity contribution in [1.82, 2.24) is 0 Å². The first-order valence-electron chi connectivity index (χ1n) is 6.40.